The van der Waals surface area contributed by atoms with Gasteiger partial charge in [0.05, 0.1) is 0 Å². The van der Waals surface area contributed by atoms with Gasteiger partial charge in [-0.3, -0.25) is 0 Å². The molecule has 0 amide bonds. The fourth-order valence-electron chi connectivity index (χ4n) is 0.413. The van der Waals surface area contributed by atoms with E-state index in [9.17, 15) is 0 Å². The molecular weight excluding hydrogens is 144 g/mol. The minimum Gasteiger partial charge on any atom is -0.0958 e. The largest absolute Gasteiger partial charge is 0.0958 e. The van der Waals surface area contributed by atoms with Crippen LogP contribution in [0.3, 0.4) is 0 Å². The van der Waals surface area contributed by atoms with E-state index in [0.717, 1.165) is 16.2 Å². The van der Waals surface area contributed by atoms with Crippen molar-refractivity contribution in [2.75, 3.05) is 0 Å². The molecule has 0 aromatic carbocycles. The zero-order chi connectivity index (χ0) is 8.15. The van der Waals surface area contributed by atoms with E-state index < -0.39 is 0 Å². The van der Waals surface area contributed by atoms with Crippen molar-refractivity contribution in [2.45, 2.75) is 20.8 Å². The second-order valence-corrected chi connectivity index (χ2v) is 2.72. The highest BCUT2D eigenvalue weighted by molar-refractivity contribution is 6.31. The third-order valence-electron chi connectivity index (χ3n) is 1.30. The Bertz CT molecular complexity index is 185. The van der Waals surface area contributed by atoms with Gasteiger partial charge in [-0.05, 0) is 32.4 Å². The first-order valence-corrected chi connectivity index (χ1v) is 3.61. The van der Waals surface area contributed by atoms with Gasteiger partial charge in [-0.1, -0.05) is 29.8 Å². The molecule has 0 aliphatic carbocycles. The quantitative estimate of drug-likeness (QED) is 0.536. The van der Waals surface area contributed by atoms with Gasteiger partial charge in [-0.15, -0.1) is 0 Å². The van der Waals surface area contributed by atoms with Gasteiger partial charge in [-0.25, -0.2) is 0 Å². The summed E-state index contributed by atoms with van der Waals surface area (Å²) in [5.41, 5.74) is 2.18. The van der Waals surface area contributed by atoms with Crippen LogP contribution in [0.1, 0.15) is 20.8 Å². The summed E-state index contributed by atoms with van der Waals surface area (Å²) < 4.78 is 0. The predicted molar refractivity (Wildman–Crippen MR) is 48.2 cm³/mol. The zero-order valence-electron chi connectivity index (χ0n) is 6.74. The van der Waals surface area contributed by atoms with Crippen LogP contribution < -0.4 is 0 Å². The van der Waals surface area contributed by atoms with Crippen molar-refractivity contribution in [3.05, 3.63) is 34.9 Å². The molecule has 1 heteroatoms. The summed E-state index contributed by atoms with van der Waals surface area (Å²) in [5.74, 6) is 0. The van der Waals surface area contributed by atoms with Crippen LogP contribution >= 0.6 is 11.6 Å². The van der Waals surface area contributed by atoms with E-state index in [1.54, 1.807) is 0 Å². The fourth-order valence-corrected chi connectivity index (χ4v) is 0.577. The molecule has 0 aromatic rings. The summed E-state index contributed by atoms with van der Waals surface area (Å²) in [5, 5.41) is 0.764. The molecule has 56 valence electrons. The molecule has 0 saturated heterocycles. The highest BCUT2D eigenvalue weighted by Gasteiger charge is 1.89. The van der Waals surface area contributed by atoms with Crippen LogP contribution in [0, 0.1) is 0 Å². The lowest BCUT2D eigenvalue weighted by Crippen LogP contribution is -1.75. The minimum atomic E-state index is 0.764. The molecule has 0 saturated carbocycles. The molecule has 0 atom stereocenters. The average Bonchev–Trinajstić information content (AvgIpc) is 1.87. The molecule has 0 spiro atoms. The normalized spacial score (nSPS) is 13.6. The molecule has 0 N–H and O–H groups in total. The van der Waals surface area contributed by atoms with Crippen LogP contribution in [0.2, 0.25) is 0 Å². The first-order chi connectivity index (χ1) is 4.57. The van der Waals surface area contributed by atoms with Gasteiger partial charge in [0.1, 0.15) is 0 Å². The molecule has 0 aromatic heterocycles. The van der Waals surface area contributed by atoms with Crippen molar-refractivity contribution in [3.8, 4) is 0 Å². The van der Waals surface area contributed by atoms with Crippen LogP contribution in [0.15, 0.2) is 34.9 Å². The Labute approximate surface area is 67.9 Å². The minimum absolute atomic E-state index is 0.764. The Morgan fingerprint density at radius 1 is 1.40 bits per heavy atom. The highest BCUT2D eigenvalue weighted by atomic mass is 35.5. The highest BCUT2D eigenvalue weighted by Crippen LogP contribution is 2.11. The molecule has 10 heavy (non-hydrogen) atoms. The maximum absolute atomic E-state index is 5.75. The monoisotopic (exact) mass is 156 g/mol. The first kappa shape index (κ1) is 9.51. The Morgan fingerprint density at radius 2 is 1.90 bits per heavy atom. The molecule has 0 unspecified atom stereocenters. The van der Waals surface area contributed by atoms with Gasteiger partial charge in [0.15, 0.2) is 0 Å². The van der Waals surface area contributed by atoms with Crippen molar-refractivity contribution in [1.29, 1.82) is 0 Å². The topological polar surface area (TPSA) is 0 Å². The predicted octanol–water partition coefficient (Wildman–Crippen LogP) is 3.65. The summed E-state index contributed by atoms with van der Waals surface area (Å²) in [6.45, 7) is 9.65. The number of rotatable bonds is 2. The van der Waals surface area contributed by atoms with E-state index in [-0.39, 0.29) is 0 Å². The molecule has 0 fully saturated rings. The van der Waals surface area contributed by atoms with Gasteiger partial charge in [0, 0.05) is 5.03 Å². The Hall–Kier alpha value is -0.490. The molecule has 0 heterocycles. The van der Waals surface area contributed by atoms with E-state index in [1.165, 1.54) is 0 Å². The lowest BCUT2D eigenvalue weighted by Gasteiger charge is -1.96. The van der Waals surface area contributed by atoms with Crippen LogP contribution in [-0.2, 0) is 0 Å². The Kier molecular flexibility index (Phi) is 4.13. The summed E-state index contributed by atoms with van der Waals surface area (Å²) in [6.07, 6.45) is 3.76. The summed E-state index contributed by atoms with van der Waals surface area (Å²) in [4.78, 5) is 0. The first-order valence-electron chi connectivity index (χ1n) is 3.24. The van der Waals surface area contributed by atoms with E-state index in [1.807, 2.05) is 32.9 Å². The molecular formula is C9H13Cl. The summed E-state index contributed by atoms with van der Waals surface area (Å²) in [7, 11) is 0. The second kappa shape index (κ2) is 4.35. The van der Waals surface area contributed by atoms with Crippen LogP contribution in [0.25, 0.3) is 0 Å². The van der Waals surface area contributed by atoms with Gasteiger partial charge in [0.25, 0.3) is 0 Å². The Balaban J connectivity index is 4.31. The smallest absolute Gasteiger partial charge is 0.0366 e. The van der Waals surface area contributed by atoms with Crippen molar-refractivity contribution in [3.63, 3.8) is 0 Å². The number of halogens is 1. The van der Waals surface area contributed by atoms with Gasteiger partial charge >= 0.3 is 0 Å². The van der Waals surface area contributed by atoms with Gasteiger partial charge in [0.2, 0.25) is 0 Å². The summed E-state index contributed by atoms with van der Waals surface area (Å²) in [6, 6.07) is 0. The zero-order valence-corrected chi connectivity index (χ0v) is 7.50. The van der Waals surface area contributed by atoms with Crippen molar-refractivity contribution >= 4 is 11.6 Å². The van der Waals surface area contributed by atoms with E-state index in [2.05, 4.69) is 6.58 Å². The number of hydrogen-bond acceptors (Lipinski definition) is 0. The number of hydrogen-bond donors (Lipinski definition) is 0. The third-order valence-corrected chi connectivity index (χ3v) is 1.63. The molecule has 0 nitrogen and oxygen atoms in total. The van der Waals surface area contributed by atoms with E-state index >= 15 is 0 Å². The van der Waals surface area contributed by atoms with Gasteiger partial charge in [-0.2, -0.15) is 0 Å². The van der Waals surface area contributed by atoms with Crippen molar-refractivity contribution < 1.29 is 0 Å². The van der Waals surface area contributed by atoms with Crippen molar-refractivity contribution in [1.82, 2.24) is 0 Å². The molecule has 0 aliphatic heterocycles. The Morgan fingerprint density at radius 3 is 2.20 bits per heavy atom. The molecule has 0 radical (unpaired) electrons. The number of allylic oxidation sites excluding steroid dienone is 5. The standard InChI is InChI=1S/C9H13Cl/c1-5-9(10)6-8(4)7(2)3/h5-6H,2H2,1,3-4H3/b8-6-,9-5+. The molecule has 0 rings (SSSR count). The van der Waals surface area contributed by atoms with Crippen LogP contribution in [0.4, 0.5) is 0 Å². The summed E-state index contributed by atoms with van der Waals surface area (Å²) >= 11 is 5.75. The lowest BCUT2D eigenvalue weighted by atomic mass is 10.1. The maximum Gasteiger partial charge on any atom is 0.0366 e. The third kappa shape index (κ3) is 3.52. The average molecular weight is 157 g/mol. The maximum atomic E-state index is 5.75. The van der Waals surface area contributed by atoms with E-state index in [4.69, 9.17) is 11.6 Å². The fraction of sp³-hybridized carbons (Fsp3) is 0.333. The second-order valence-electron chi connectivity index (χ2n) is 2.28. The molecule has 0 bridgehead atoms. The lowest BCUT2D eigenvalue weighted by molar-refractivity contribution is 1.36. The van der Waals surface area contributed by atoms with Crippen molar-refractivity contribution in [2.24, 2.45) is 0 Å². The van der Waals surface area contributed by atoms with Crippen LogP contribution in [-0.4, -0.2) is 0 Å². The molecule has 0 aliphatic rings. The van der Waals surface area contributed by atoms with E-state index in [0.29, 0.717) is 0 Å². The van der Waals surface area contributed by atoms with Crippen LogP contribution in [0.5, 0.6) is 0 Å². The van der Waals surface area contributed by atoms with Gasteiger partial charge < -0.3 is 0 Å². The SMILES string of the molecule is C=C(C)/C(C)=C\C(Cl)=C/C.